The summed E-state index contributed by atoms with van der Waals surface area (Å²) in [4.78, 5) is 24.4. The maximum Gasteiger partial charge on any atom is 0.344 e. The summed E-state index contributed by atoms with van der Waals surface area (Å²) in [5.41, 5.74) is 0.498. The molecule has 0 aliphatic rings. The second kappa shape index (κ2) is 6.91. The number of aryl methyl sites for hydroxylation is 1. The first kappa shape index (κ1) is 16.8. The molecule has 136 valence electrons. The molecule has 2 aromatic carbocycles. The van der Waals surface area contributed by atoms with Gasteiger partial charge in [-0.2, -0.15) is 0 Å². The Kier molecular flexibility index (Phi) is 4.29. The van der Waals surface area contributed by atoms with Crippen LogP contribution in [-0.2, 0) is 23.2 Å². The fraction of sp³-hybridized carbons (Fsp3) is 0.158. The maximum atomic E-state index is 12.4. The van der Waals surface area contributed by atoms with Crippen LogP contribution in [0.3, 0.4) is 0 Å². The molecule has 8 heteroatoms. The third-order valence-corrected chi connectivity index (χ3v) is 4.16. The average Bonchev–Trinajstić information content (AvgIpc) is 3.14. The predicted octanol–water partition coefficient (Wildman–Crippen LogP) is 1.70. The Bertz CT molecular complexity index is 1180. The molecule has 27 heavy (non-hydrogen) atoms. The molecule has 0 N–H and O–H groups in total. The molecule has 0 atom stereocenters. The van der Waals surface area contributed by atoms with E-state index in [0.29, 0.717) is 28.3 Å². The van der Waals surface area contributed by atoms with Gasteiger partial charge in [-0.3, -0.25) is 13.8 Å². The minimum atomic E-state index is -0.523. The van der Waals surface area contributed by atoms with Gasteiger partial charge in [0.05, 0.1) is 10.9 Å². The first-order valence-electron chi connectivity index (χ1n) is 8.30. The van der Waals surface area contributed by atoms with Crippen LogP contribution >= 0.6 is 0 Å². The second-order valence-corrected chi connectivity index (χ2v) is 5.90. The molecule has 4 aromatic rings. The van der Waals surface area contributed by atoms with Gasteiger partial charge >= 0.3 is 5.97 Å². The van der Waals surface area contributed by atoms with E-state index in [1.54, 1.807) is 41.8 Å². The van der Waals surface area contributed by atoms with Crippen LogP contribution in [0.5, 0.6) is 5.75 Å². The lowest BCUT2D eigenvalue weighted by atomic mass is 10.2. The number of aromatic nitrogens is 4. The summed E-state index contributed by atoms with van der Waals surface area (Å²) in [6.07, 6.45) is 0. The van der Waals surface area contributed by atoms with Gasteiger partial charge in [0.25, 0.3) is 5.56 Å². The summed E-state index contributed by atoms with van der Waals surface area (Å²) in [6, 6.07) is 16.2. The first-order chi connectivity index (χ1) is 13.1. The molecule has 4 rings (SSSR count). The predicted molar refractivity (Wildman–Crippen MR) is 97.5 cm³/mol. The number of nitrogens with zero attached hydrogens (tertiary/aromatic N) is 4. The van der Waals surface area contributed by atoms with Gasteiger partial charge in [0, 0.05) is 7.05 Å². The molecule has 0 fully saturated rings. The summed E-state index contributed by atoms with van der Waals surface area (Å²) in [5.74, 6) is 0.864. The molecule has 0 radical (unpaired) electrons. The Balaban J connectivity index is 1.56. The van der Waals surface area contributed by atoms with Gasteiger partial charge in [-0.25, -0.2) is 4.79 Å². The number of hydrogen-bond donors (Lipinski definition) is 0. The third-order valence-electron chi connectivity index (χ3n) is 4.16. The summed E-state index contributed by atoms with van der Waals surface area (Å²) in [6.45, 7) is -0.291. The molecule has 2 heterocycles. The quantitative estimate of drug-likeness (QED) is 0.501. The Morgan fingerprint density at radius 1 is 1.04 bits per heavy atom. The first-order valence-corrected chi connectivity index (χ1v) is 8.30. The van der Waals surface area contributed by atoms with Crippen LogP contribution in [-0.4, -0.2) is 31.7 Å². The van der Waals surface area contributed by atoms with E-state index in [1.165, 1.54) is 4.57 Å². The van der Waals surface area contributed by atoms with Crippen LogP contribution in [0.25, 0.3) is 16.7 Å². The SMILES string of the molecule is Cn1c(=O)c2ccccc2n2c(COC(=O)COc3ccccc3)nnc12. The van der Waals surface area contributed by atoms with Crippen LogP contribution in [0.15, 0.2) is 59.4 Å². The highest BCUT2D eigenvalue weighted by molar-refractivity contribution is 5.80. The highest BCUT2D eigenvalue weighted by atomic mass is 16.6. The standard InChI is InChI=1S/C19H16N4O4/c1-22-18(25)14-9-5-6-10-15(14)23-16(20-21-19(22)23)11-27-17(24)12-26-13-7-3-2-4-8-13/h2-10H,11-12H2,1H3. The van der Waals surface area contributed by atoms with Gasteiger partial charge in [-0.05, 0) is 24.3 Å². The molecule has 0 aliphatic heterocycles. The van der Waals surface area contributed by atoms with Crippen LogP contribution in [0.4, 0.5) is 0 Å². The van der Waals surface area contributed by atoms with Gasteiger partial charge in [0.2, 0.25) is 5.78 Å². The zero-order valence-corrected chi connectivity index (χ0v) is 14.5. The monoisotopic (exact) mass is 364 g/mol. The zero-order valence-electron chi connectivity index (χ0n) is 14.5. The van der Waals surface area contributed by atoms with Gasteiger partial charge < -0.3 is 9.47 Å². The van der Waals surface area contributed by atoms with Crippen molar-refractivity contribution in [3.05, 3.63) is 70.8 Å². The van der Waals surface area contributed by atoms with Crippen molar-refractivity contribution < 1.29 is 14.3 Å². The molecule has 0 amide bonds. The Morgan fingerprint density at radius 3 is 2.59 bits per heavy atom. The number of carbonyl (C=O) groups is 1. The molecule has 0 saturated heterocycles. The Morgan fingerprint density at radius 2 is 1.78 bits per heavy atom. The van der Waals surface area contributed by atoms with Crippen molar-refractivity contribution in [2.24, 2.45) is 7.05 Å². The number of esters is 1. The second-order valence-electron chi connectivity index (χ2n) is 5.90. The fourth-order valence-corrected chi connectivity index (χ4v) is 2.83. The van der Waals surface area contributed by atoms with Crippen molar-refractivity contribution >= 4 is 22.6 Å². The van der Waals surface area contributed by atoms with Crippen LogP contribution in [0.2, 0.25) is 0 Å². The smallest absolute Gasteiger partial charge is 0.344 e. The van der Waals surface area contributed by atoms with E-state index >= 15 is 0 Å². The highest BCUT2D eigenvalue weighted by Crippen LogP contribution is 2.14. The molecule has 0 bridgehead atoms. The Hall–Kier alpha value is -3.68. The topological polar surface area (TPSA) is 87.7 Å². The van der Waals surface area contributed by atoms with Crippen molar-refractivity contribution in [1.29, 1.82) is 0 Å². The fourth-order valence-electron chi connectivity index (χ4n) is 2.83. The van der Waals surface area contributed by atoms with Crippen molar-refractivity contribution in [3.63, 3.8) is 0 Å². The van der Waals surface area contributed by atoms with Gasteiger partial charge in [-0.15, -0.1) is 10.2 Å². The van der Waals surface area contributed by atoms with Gasteiger partial charge in [0.15, 0.2) is 19.0 Å². The molecule has 2 aromatic heterocycles. The van der Waals surface area contributed by atoms with E-state index in [2.05, 4.69) is 10.2 Å². The minimum Gasteiger partial charge on any atom is -0.482 e. The number of benzene rings is 2. The van der Waals surface area contributed by atoms with Crippen molar-refractivity contribution in [2.75, 3.05) is 6.61 Å². The van der Waals surface area contributed by atoms with Crippen LogP contribution in [0, 0.1) is 0 Å². The number of carbonyl (C=O) groups excluding carboxylic acids is 1. The van der Waals surface area contributed by atoms with Crippen LogP contribution in [0.1, 0.15) is 5.82 Å². The van der Waals surface area contributed by atoms with Gasteiger partial charge in [0.1, 0.15) is 5.75 Å². The summed E-state index contributed by atoms with van der Waals surface area (Å²) < 4.78 is 13.8. The molecule has 0 unspecified atom stereocenters. The number of para-hydroxylation sites is 2. The van der Waals surface area contributed by atoms with E-state index in [1.807, 2.05) is 24.3 Å². The minimum absolute atomic E-state index is 0.0830. The average molecular weight is 364 g/mol. The van der Waals surface area contributed by atoms with Crippen molar-refractivity contribution in [2.45, 2.75) is 6.61 Å². The normalized spacial score (nSPS) is 11.0. The van der Waals surface area contributed by atoms with E-state index in [-0.39, 0.29) is 18.8 Å². The zero-order chi connectivity index (χ0) is 18.8. The number of rotatable bonds is 5. The van der Waals surface area contributed by atoms with Crippen molar-refractivity contribution in [3.8, 4) is 5.75 Å². The largest absolute Gasteiger partial charge is 0.482 e. The lowest BCUT2D eigenvalue weighted by Gasteiger charge is -2.09. The lowest BCUT2D eigenvalue weighted by Crippen LogP contribution is -2.21. The molecule has 0 aliphatic carbocycles. The van der Waals surface area contributed by atoms with E-state index in [9.17, 15) is 9.59 Å². The molecule has 8 nitrogen and oxygen atoms in total. The maximum absolute atomic E-state index is 12.4. The number of fused-ring (bicyclic) bond motifs is 3. The summed E-state index contributed by atoms with van der Waals surface area (Å²) in [7, 11) is 1.63. The lowest BCUT2D eigenvalue weighted by molar-refractivity contribution is -0.147. The third kappa shape index (κ3) is 3.12. The van der Waals surface area contributed by atoms with Crippen LogP contribution < -0.4 is 10.3 Å². The van der Waals surface area contributed by atoms with Crippen molar-refractivity contribution in [1.82, 2.24) is 19.2 Å². The van der Waals surface area contributed by atoms with E-state index < -0.39 is 5.97 Å². The highest BCUT2D eigenvalue weighted by Gasteiger charge is 2.15. The molecule has 0 spiro atoms. The Labute approximate surface area is 153 Å². The van der Waals surface area contributed by atoms with E-state index in [4.69, 9.17) is 9.47 Å². The van der Waals surface area contributed by atoms with E-state index in [0.717, 1.165) is 0 Å². The number of hydrogen-bond acceptors (Lipinski definition) is 6. The molecular weight excluding hydrogens is 348 g/mol. The number of ether oxygens (including phenoxy) is 2. The summed E-state index contributed by atoms with van der Waals surface area (Å²) >= 11 is 0. The van der Waals surface area contributed by atoms with Gasteiger partial charge in [-0.1, -0.05) is 30.3 Å². The molecular formula is C19H16N4O4. The molecule has 0 saturated carbocycles. The summed E-state index contributed by atoms with van der Waals surface area (Å²) in [5, 5.41) is 8.66.